The maximum Gasteiger partial charge on any atom is 0.243 e. The summed E-state index contributed by atoms with van der Waals surface area (Å²) in [6.07, 6.45) is 3.68. The SMILES string of the molecule is CN1CCN(Cc2ccc(NC(=O)C3NNC4CC(F)C(c5cnn(C)c5)CC43)cc2)CC1. The zero-order valence-corrected chi connectivity index (χ0v) is 19.4. The molecule has 5 rings (SSSR count). The Morgan fingerprint density at radius 2 is 1.88 bits per heavy atom. The summed E-state index contributed by atoms with van der Waals surface area (Å²) in [5.41, 5.74) is 9.23. The third-order valence-electron chi connectivity index (χ3n) is 7.47. The van der Waals surface area contributed by atoms with Crippen molar-refractivity contribution < 1.29 is 9.18 Å². The van der Waals surface area contributed by atoms with Crippen molar-refractivity contribution in [1.82, 2.24) is 30.4 Å². The lowest BCUT2D eigenvalue weighted by molar-refractivity contribution is -0.119. The van der Waals surface area contributed by atoms with E-state index >= 15 is 0 Å². The summed E-state index contributed by atoms with van der Waals surface area (Å²) in [5.74, 6) is -0.284. The van der Waals surface area contributed by atoms with Crippen LogP contribution in [-0.4, -0.2) is 77.0 Å². The highest BCUT2D eigenvalue weighted by Gasteiger charge is 2.47. The third-order valence-corrected chi connectivity index (χ3v) is 7.47. The van der Waals surface area contributed by atoms with Crippen molar-refractivity contribution in [1.29, 1.82) is 0 Å². The number of likely N-dealkylation sites (N-methyl/N-ethyl adjacent to an activating group) is 1. The second-order valence-corrected chi connectivity index (χ2v) is 9.84. The van der Waals surface area contributed by atoms with E-state index in [1.54, 1.807) is 10.9 Å². The van der Waals surface area contributed by atoms with E-state index in [9.17, 15) is 9.18 Å². The van der Waals surface area contributed by atoms with Gasteiger partial charge in [0, 0.05) is 69.5 Å². The number of anilines is 1. The molecule has 5 unspecified atom stereocenters. The van der Waals surface area contributed by atoms with Crippen LogP contribution in [-0.2, 0) is 18.4 Å². The third kappa shape index (κ3) is 4.96. The Balaban J connectivity index is 1.19. The molecule has 2 aliphatic heterocycles. The van der Waals surface area contributed by atoms with Crippen LogP contribution in [0, 0.1) is 5.92 Å². The van der Waals surface area contributed by atoms with E-state index in [0.29, 0.717) is 12.8 Å². The smallest absolute Gasteiger partial charge is 0.243 e. The Bertz CT molecular complexity index is 956. The summed E-state index contributed by atoms with van der Waals surface area (Å²) in [6, 6.07) is 7.68. The predicted octanol–water partition coefficient (Wildman–Crippen LogP) is 1.48. The van der Waals surface area contributed by atoms with Crippen molar-refractivity contribution >= 4 is 11.6 Å². The van der Waals surface area contributed by atoms with Gasteiger partial charge >= 0.3 is 0 Å². The molecular formula is C24H34FN7O. The number of alkyl halides is 1. The van der Waals surface area contributed by atoms with Gasteiger partial charge in [0.1, 0.15) is 12.2 Å². The number of piperazine rings is 1. The number of rotatable bonds is 5. The van der Waals surface area contributed by atoms with Crippen LogP contribution in [0.3, 0.4) is 0 Å². The first-order chi connectivity index (χ1) is 16.0. The zero-order chi connectivity index (χ0) is 22.9. The quantitative estimate of drug-likeness (QED) is 0.634. The van der Waals surface area contributed by atoms with E-state index in [2.05, 4.69) is 50.2 Å². The molecule has 3 heterocycles. The molecule has 3 aliphatic rings. The molecule has 9 heteroatoms. The monoisotopic (exact) mass is 455 g/mol. The van der Waals surface area contributed by atoms with E-state index in [0.717, 1.165) is 44.0 Å². The van der Waals surface area contributed by atoms with E-state index in [1.807, 2.05) is 25.4 Å². The summed E-state index contributed by atoms with van der Waals surface area (Å²) in [5, 5.41) is 7.25. The number of halogens is 1. The molecule has 2 saturated heterocycles. The van der Waals surface area contributed by atoms with Crippen LogP contribution in [0.2, 0.25) is 0 Å². The Morgan fingerprint density at radius 1 is 1.12 bits per heavy atom. The van der Waals surface area contributed by atoms with Crippen molar-refractivity contribution in [2.24, 2.45) is 13.0 Å². The number of carbonyl (C=O) groups excluding carboxylic acids is 1. The molecule has 0 spiro atoms. The number of nitrogens with zero attached hydrogens (tertiary/aromatic N) is 4. The summed E-state index contributed by atoms with van der Waals surface area (Å²) in [4.78, 5) is 17.9. The summed E-state index contributed by atoms with van der Waals surface area (Å²) >= 11 is 0. The van der Waals surface area contributed by atoms with Crippen molar-refractivity contribution in [3.63, 3.8) is 0 Å². The number of hydrogen-bond acceptors (Lipinski definition) is 6. The summed E-state index contributed by atoms with van der Waals surface area (Å²) in [6.45, 7) is 5.29. The summed E-state index contributed by atoms with van der Waals surface area (Å²) in [7, 11) is 4.00. The molecule has 3 N–H and O–H groups in total. The number of nitrogens with one attached hydrogen (secondary N) is 3. The highest BCUT2D eigenvalue weighted by Crippen LogP contribution is 2.41. The molecule has 3 fully saturated rings. The number of hydrogen-bond donors (Lipinski definition) is 3. The fourth-order valence-electron chi connectivity index (χ4n) is 5.44. The molecule has 33 heavy (non-hydrogen) atoms. The minimum atomic E-state index is -0.945. The zero-order valence-electron chi connectivity index (χ0n) is 19.4. The van der Waals surface area contributed by atoms with Gasteiger partial charge in [-0.05, 0) is 43.1 Å². The van der Waals surface area contributed by atoms with Crippen molar-refractivity contribution in [2.75, 3.05) is 38.5 Å². The molecular weight excluding hydrogens is 421 g/mol. The van der Waals surface area contributed by atoms with Crippen molar-refractivity contribution in [3.05, 3.63) is 47.8 Å². The number of aromatic nitrogens is 2. The number of benzene rings is 1. The lowest BCUT2D eigenvalue weighted by Gasteiger charge is -2.35. The Labute approximate surface area is 194 Å². The van der Waals surface area contributed by atoms with Crippen LogP contribution in [0.15, 0.2) is 36.7 Å². The van der Waals surface area contributed by atoms with Crippen LogP contribution in [0.5, 0.6) is 0 Å². The molecule has 178 valence electrons. The average molecular weight is 456 g/mol. The molecule has 1 aliphatic carbocycles. The van der Waals surface area contributed by atoms with Crippen LogP contribution in [0.4, 0.5) is 10.1 Å². The summed E-state index contributed by atoms with van der Waals surface area (Å²) < 4.78 is 16.6. The second-order valence-electron chi connectivity index (χ2n) is 9.84. The van der Waals surface area contributed by atoms with Crippen LogP contribution < -0.4 is 16.2 Å². The maximum atomic E-state index is 14.9. The molecule has 1 aromatic carbocycles. The molecule has 2 aromatic rings. The van der Waals surface area contributed by atoms with Gasteiger partial charge in [-0.3, -0.25) is 19.8 Å². The first-order valence-corrected chi connectivity index (χ1v) is 11.9. The molecule has 0 radical (unpaired) electrons. The molecule has 1 amide bonds. The van der Waals surface area contributed by atoms with Crippen LogP contribution >= 0.6 is 0 Å². The van der Waals surface area contributed by atoms with E-state index in [-0.39, 0.29) is 23.8 Å². The highest BCUT2D eigenvalue weighted by molar-refractivity contribution is 5.95. The van der Waals surface area contributed by atoms with Gasteiger partial charge in [-0.25, -0.2) is 9.82 Å². The first kappa shape index (κ1) is 22.5. The lowest BCUT2D eigenvalue weighted by Crippen LogP contribution is -2.44. The van der Waals surface area contributed by atoms with Gasteiger partial charge in [-0.15, -0.1) is 0 Å². The van der Waals surface area contributed by atoms with Crippen molar-refractivity contribution in [2.45, 2.75) is 43.6 Å². The number of hydrazine groups is 1. The molecule has 1 saturated carbocycles. The fraction of sp³-hybridized carbons (Fsp3) is 0.583. The first-order valence-electron chi connectivity index (χ1n) is 11.9. The van der Waals surface area contributed by atoms with E-state index in [4.69, 9.17) is 0 Å². The number of amides is 1. The molecule has 8 nitrogen and oxygen atoms in total. The maximum absolute atomic E-state index is 14.9. The predicted molar refractivity (Wildman–Crippen MR) is 125 cm³/mol. The average Bonchev–Trinajstić information content (AvgIpc) is 3.42. The number of carbonyl (C=O) groups is 1. The van der Waals surface area contributed by atoms with Crippen LogP contribution in [0.1, 0.15) is 29.9 Å². The van der Waals surface area contributed by atoms with Crippen LogP contribution in [0.25, 0.3) is 0 Å². The van der Waals surface area contributed by atoms with E-state index < -0.39 is 12.2 Å². The van der Waals surface area contributed by atoms with Gasteiger partial charge in [0.15, 0.2) is 0 Å². The number of fused-ring (bicyclic) bond motifs is 1. The molecule has 0 bridgehead atoms. The Hall–Kier alpha value is -2.33. The Kier molecular flexibility index (Phi) is 6.47. The van der Waals surface area contributed by atoms with Gasteiger partial charge in [0.05, 0.1) is 6.20 Å². The second kappa shape index (κ2) is 9.50. The van der Waals surface area contributed by atoms with Gasteiger partial charge in [0.2, 0.25) is 5.91 Å². The molecule has 1 aromatic heterocycles. The minimum Gasteiger partial charge on any atom is -0.325 e. The topological polar surface area (TPSA) is 77.5 Å². The fourth-order valence-corrected chi connectivity index (χ4v) is 5.44. The van der Waals surface area contributed by atoms with Gasteiger partial charge in [0.25, 0.3) is 0 Å². The van der Waals surface area contributed by atoms with Crippen molar-refractivity contribution in [3.8, 4) is 0 Å². The Morgan fingerprint density at radius 3 is 2.58 bits per heavy atom. The van der Waals surface area contributed by atoms with Gasteiger partial charge in [-0.2, -0.15) is 5.10 Å². The minimum absolute atomic E-state index is 0.0266. The van der Waals surface area contributed by atoms with Gasteiger partial charge < -0.3 is 10.2 Å². The number of aryl methyl sites for hydroxylation is 1. The van der Waals surface area contributed by atoms with Gasteiger partial charge in [-0.1, -0.05) is 12.1 Å². The molecule has 5 atom stereocenters. The highest BCUT2D eigenvalue weighted by atomic mass is 19.1. The largest absolute Gasteiger partial charge is 0.325 e. The lowest BCUT2D eigenvalue weighted by atomic mass is 9.73. The standard InChI is InChI=1S/C24H34FN7O/c1-30-7-9-32(10-8-30)14-16-3-5-18(6-4-16)27-24(33)23-20-11-19(17-13-26-31(2)15-17)21(25)12-22(20)28-29-23/h3-6,13,15,19-23,28-29H,7-12,14H2,1-2H3,(H,27,33). The van der Waals surface area contributed by atoms with E-state index in [1.165, 1.54) is 5.56 Å². The normalized spacial score (nSPS) is 30.8.